The van der Waals surface area contributed by atoms with Gasteiger partial charge in [-0.1, -0.05) is 6.92 Å². The second-order valence-electron chi connectivity index (χ2n) is 3.64. The molecule has 0 bridgehead atoms. The third kappa shape index (κ3) is 2.96. The minimum absolute atomic E-state index is 0.322. The molecule has 1 rings (SSSR count). The van der Waals surface area contributed by atoms with Gasteiger partial charge in [-0.05, 0) is 13.3 Å². The lowest BCUT2D eigenvalue weighted by atomic mass is 10.3. The Morgan fingerprint density at radius 3 is 2.71 bits per heavy atom. The molecule has 1 atom stereocenters. The van der Waals surface area contributed by atoms with E-state index >= 15 is 0 Å². The van der Waals surface area contributed by atoms with Crippen molar-refractivity contribution in [1.29, 1.82) is 0 Å². The molecule has 1 heterocycles. The van der Waals surface area contributed by atoms with E-state index in [1.54, 1.807) is 7.05 Å². The van der Waals surface area contributed by atoms with Crippen molar-refractivity contribution in [3.05, 3.63) is 11.9 Å². The smallest absolute Gasteiger partial charge is 0.323 e. The Morgan fingerprint density at radius 1 is 1.65 bits per heavy atom. The summed E-state index contributed by atoms with van der Waals surface area (Å²) in [6.07, 6.45) is 2.06. The molecule has 0 aliphatic heterocycles. The Kier molecular flexibility index (Phi) is 3.76. The van der Waals surface area contributed by atoms with E-state index in [4.69, 9.17) is 5.11 Å². The minimum atomic E-state index is -3.93. The number of carbonyl (C=O) groups is 1. The van der Waals surface area contributed by atoms with Crippen molar-refractivity contribution >= 4 is 21.7 Å². The summed E-state index contributed by atoms with van der Waals surface area (Å²) in [5.41, 5.74) is 0.900. The number of aliphatic carboxylic acids is 1. The second kappa shape index (κ2) is 4.74. The Balaban J connectivity index is 3.01. The van der Waals surface area contributed by atoms with E-state index in [0.29, 0.717) is 17.8 Å². The molecular weight excluding hydrogens is 246 g/mol. The molecule has 96 valence electrons. The summed E-state index contributed by atoms with van der Waals surface area (Å²) in [5, 5.41) is 11.2. The van der Waals surface area contributed by atoms with Gasteiger partial charge in [-0.25, -0.2) is 8.42 Å². The molecule has 0 fully saturated rings. The highest BCUT2D eigenvalue weighted by atomic mass is 32.2. The predicted octanol–water partition coefficient (Wildman–Crippen LogP) is 0.197. The third-order valence-electron chi connectivity index (χ3n) is 2.31. The van der Waals surface area contributed by atoms with Crippen LogP contribution in [0.15, 0.2) is 6.20 Å². The molecule has 0 radical (unpaired) electrons. The minimum Gasteiger partial charge on any atom is -0.480 e. The van der Waals surface area contributed by atoms with Gasteiger partial charge in [0, 0.05) is 13.2 Å². The molecule has 0 aromatic carbocycles. The summed E-state index contributed by atoms with van der Waals surface area (Å²) in [6, 6.07) is 0. The van der Waals surface area contributed by atoms with Crippen LogP contribution in [0.4, 0.5) is 5.69 Å². The number of rotatable bonds is 5. The SMILES string of the molecule is CCc1nn(C)cc1NS(=O)(=O)C(C)C(=O)O. The van der Waals surface area contributed by atoms with Crippen molar-refractivity contribution in [1.82, 2.24) is 9.78 Å². The highest BCUT2D eigenvalue weighted by Gasteiger charge is 2.28. The van der Waals surface area contributed by atoms with E-state index in [-0.39, 0.29) is 0 Å². The zero-order chi connectivity index (χ0) is 13.2. The normalized spacial score (nSPS) is 13.4. The molecule has 0 aliphatic rings. The maximum absolute atomic E-state index is 11.7. The van der Waals surface area contributed by atoms with E-state index in [1.807, 2.05) is 6.92 Å². The van der Waals surface area contributed by atoms with Crippen LogP contribution in [0, 0.1) is 0 Å². The fraction of sp³-hybridized carbons (Fsp3) is 0.556. The monoisotopic (exact) mass is 261 g/mol. The van der Waals surface area contributed by atoms with Crippen molar-refractivity contribution in [2.75, 3.05) is 4.72 Å². The topological polar surface area (TPSA) is 101 Å². The van der Waals surface area contributed by atoms with Crippen LogP contribution in [0.25, 0.3) is 0 Å². The summed E-state index contributed by atoms with van der Waals surface area (Å²) in [6.45, 7) is 2.95. The van der Waals surface area contributed by atoms with Crippen molar-refractivity contribution in [3.63, 3.8) is 0 Å². The van der Waals surface area contributed by atoms with Gasteiger partial charge in [-0.2, -0.15) is 5.10 Å². The Hall–Kier alpha value is -1.57. The standard InChI is InChI=1S/C9H15N3O4S/c1-4-7-8(5-12(3)10-7)11-17(15,16)6(2)9(13)14/h5-6,11H,4H2,1-3H3,(H,13,14). The van der Waals surface area contributed by atoms with Crippen molar-refractivity contribution < 1.29 is 18.3 Å². The van der Waals surface area contributed by atoms with Gasteiger partial charge >= 0.3 is 5.97 Å². The molecule has 1 aromatic heterocycles. The van der Waals surface area contributed by atoms with Gasteiger partial charge in [-0.3, -0.25) is 14.2 Å². The molecule has 8 heteroatoms. The molecule has 1 aromatic rings. The highest BCUT2D eigenvalue weighted by molar-refractivity contribution is 7.94. The van der Waals surface area contributed by atoms with Crippen LogP contribution in [0.1, 0.15) is 19.5 Å². The van der Waals surface area contributed by atoms with Crippen LogP contribution in [-0.2, 0) is 28.3 Å². The fourth-order valence-electron chi connectivity index (χ4n) is 1.26. The number of nitrogens with one attached hydrogen (secondary N) is 1. The summed E-state index contributed by atoms with van der Waals surface area (Å²) in [5.74, 6) is -1.39. The van der Waals surface area contributed by atoms with Gasteiger partial charge in [0.25, 0.3) is 0 Å². The zero-order valence-corrected chi connectivity index (χ0v) is 10.7. The molecule has 0 saturated heterocycles. The lowest BCUT2D eigenvalue weighted by Crippen LogP contribution is -2.32. The quantitative estimate of drug-likeness (QED) is 0.788. The molecule has 0 amide bonds. The van der Waals surface area contributed by atoms with Gasteiger partial charge in [-0.15, -0.1) is 0 Å². The molecule has 17 heavy (non-hydrogen) atoms. The van der Waals surface area contributed by atoms with E-state index in [9.17, 15) is 13.2 Å². The summed E-state index contributed by atoms with van der Waals surface area (Å²) in [7, 11) is -2.27. The molecule has 0 aliphatic carbocycles. The number of hydrogen-bond donors (Lipinski definition) is 2. The Morgan fingerprint density at radius 2 is 2.24 bits per heavy atom. The molecule has 0 saturated carbocycles. The van der Waals surface area contributed by atoms with Crippen LogP contribution in [-0.4, -0.2) is 34.5 Å². The van der Waals surface area contributed by atoms with E-state index in [1.165, 1.54) is 10.9 Å². The number of carboxylic acids is 1. The lowest BCUT2D eigenvalue weighted by molar-refractivity contribution is -0.136. The fourth-order valence-corrected chi connectivity index (χ4v) is 2.17. The van der Waals surface area contributed by atoms with E-state index in [0.717, 1.165) is 6.92 Å². The second-order valence-corrected chi connectivity index (χ2v) is 5.65. The molecule has 2 N–H and O–H groups in total. The Bertz CT molecular complexity index is 520. The largest absolute Gasteiger partial charge is 0.480 e. The third-order valence-corrected chi connectivity index (χ3v) is 3.94. The van der Waals surface area contributed by atoms with Crippen LogP contribution in [0.3, 0.4) is 0 Å². The summed E-state index contributed by atoms with van der Waals surface area (Å²) >= 11 is 0. The number of sulfonamides is 1. The van der Waals surface area contributed by atoms with Crippen molar-refractivity contribution in [2.45, 2.75) is 25.5 Å². The van der Waals surface area contributed by atoms with Crippen LogP contribution < -0.4 is 4.72 Å². The molecular formula is C9H15N3O4S. The predicted molar refractivity (Wildman–Crippen MR) is 62.2 cm³/mol. The number of carboxylic acid groups (broad SMARTS) is 1. The summed E-state index contributed by atoms with van der Waals surface area (Å²) in [4.78, 5) is 10.7. The maximum atomic E-state index is 11.7. The Labute approximate surface area is 99.5 Å². The van der Waals surface area contributed by atoms with Crippen molar-refractivity contribution in [2.24, 2.45) is 7.05 Å². The number of anilines is 1. The summed E-state index contributed by atoms with van der Waals surface area (Å²) < 4.78 is 27.1. The average Bonchev–Trinajstić information content (AvgIpc) is 2.56. The first-order chi connectivity index (χ1) is 7.77. The van der Waals surface area contributed by atoms with E-state index < -0.39 is 21.2 Å². The highest BCUT2D eigenvalue weighted by Crippen LogP contribution is 2.17. The van der Waals surface area contributed by atoms with Gasteiger partial charge in [0.15, 0.2) is 5.25 Å². The van der Waals surface area contributed by atoms with Crippen molar-refractivity contribution in [3.8, 4) is 0 Å². The number of nitrogens with zero attached hydrogens (tertiary/aromatic N) is 2. The van der Waals surface area contributed by atoms with Crippen LogP contribution in [0.5, 0.6) is 0 Å². The number of hydrogen-bond acceptors (Lipinski definition) is 4. The van der Waals surface area contributed by atoms with Gasteiger partial charge in [0.05, 0.1) is 11.4 Å². The van der Waals surface area contributed by atoms with Crippen LogP contribution in [0.2, 0.25) is 0 Å². The first kappa shape index (κ1) is 13.5. The first-order valence-electron chi connectivity index (χ1n) is 5.05. The van der Waals surface area contributed by atoms with E-state index in [2.05, 4.69) is 9.82 Å². The number of aromatic nitrogens is 2. The maximum Gasteiger partial charge on any atom is 0.323 e. The lowest BCUT2D eigenvalue weighted by Gasteiger charge is -2.10. The first-order valence-corrected chi connectivity index (χ1v) is 6.59. The molecule has 1 unspecified atom stereocenters. The van der Waals surface area contributed by atoms with Gasteiger partial charge in [0.2, 0.25) is 10.0 Å². The van der Waals surface area contributed by atoms with Gasteiger partial charge < -0.3 is 5.11 Å². The number of aryl methyl sites for hydroxylation is 2. The zero-order valence-electron chi connectivity index (χ0n) is 9.84. The molecule has 7 nitrogen and oxygen atoms in total. The van der Waals surface area contributed by atoms with Crippen LogP contribution >= 0.6 is 0 Å². The molecule has 0 spiro atoms. The van der Waals surface area contributed by atoms with Gasteiger partial charge in [0.1, 0.15) is 0 Å². The average molecular weight is 261 g/mol.